The highest BCUT2D eigenvalue weighted by Crippen LogP contribution is 2.29. The number of carbonyl (C=O) groups is 2. The number of sulfonamides is 1. The van der Waals surface area contributed by atoms with E-state index in [1.807, 2.05) is 0 Å². The largest absolute Gasteiger partial charge is 0.376 e. The van der Waals surface area contributed by atoms with E-state index in [1.165, 1.54) is 12.1 Å². The van der Waals surface area contributed by atoms with Gasteiger partial charge in [-0.1, -0.05) is 11.6 Å². The highest BCUT2D eigenvalue weighted by atomic mass is 35.5. The number of hydrogen-bond acceptors (Lipinski definition) is 5. The number of amides is 2. The second kappa shape index (κ2) is 11.3. The first kappa shape index (κ1) is 24.0. The molecule has 1 aliphatic heterocycles. The minimum absolute atomic E-state index is 0.0353. The van der Waals surface area contributed by atoms with Gasteiger partial charge in [0.15, 0.2) is 0 Å². The molecule has 172 valence electrons. The third-order valence-electron chi connectivity index (χ3n) is 5.88. The van der Waals surface area contributed by atoms with Crippen LogP contribution in [0.5, 0.6) is 0 Å². The van der Waals surface area contributed by atoms with Crippen molar-refractivity contribution in [2.75, 3.05) is 26.2 Å². The van der Waals surface area contributed by atoms with Gasteiger partial charge >= 0.3 is 0 Å². The van der Waals surface area contributed by atoms with Crippen LogP contribution in [0.15, 0.2) is 29.2 Å². The first-order chi connectivity index (χ1) is 14.8. The van der Waals surface area contributed by atoms with E-state index in [0.717, 1.165) is 32.3 Å². The highest BCUT2D eigenvalue weighted by Gasteiger charge is 2.27. The summed E-state index contributed by atoms with van der Waals surface area (Å²) >= 11 is 5.81. The van der Waals surface area contributed by atoms with Crippen LogP contribution in [0.2, 0.25) is 5.02 Å². The monoisotopic (exact) mass is 471 g/mol. The van der Waals surface area contributed by atoms with Crippen LogP contribution in [0.3, 0.4) is 0 Å². The second-order valence-electron chi connectivity index (χ2n) is 8.18. The molecule has 1 heterocycles. The molecule has 0 aromatic heterocycles. The molecule has 1 atom stereocenters. The average molecular weight is 472 g/mol. The summed E-state index contributed by atoms with van der Waals surface area (Å²) in [5.41, 5.74) is 0. The smallest absolute Gasteiger partial charge is 0.240 e. The topological polar surface area (TPSA) is 114 Å². The number of halogens is 1. The molecule has 1 aromatic rings. The number of rotatable bonds is 9. The molecule has 0 unspecified atom stereocenters. The van der Waals surface area contributed by atoms with Gasteiger partial charge in [0.1, 0.15) is 0 Å². The summed E-state index contributed by atoms with van der Waals surface area (Å²) in [6, 6.07) is 6.04. The van der Waals surface area contributed by atoms with Gasteiger partial charge in [-0.3, -0.25) is 9.59 Å². The van der Waals surface area contributed by atoms with Crippen molar-refractivity contribution in [3.05, 3.63) is 29.3 Å². The fourth-order valence-electron chi connectivity index (χ4n) is 3.96. The van der Waals surface area contributed by atoms with E-state index in [9.17, 15) is 18.0 Å². The van der Waals surface area contributed by atoms with Crippen molar-refractivity contribution in [1.29, 1.82) is 0 Å². The Labute approximate surface area is 188 Å². The molecule has 0 spiro atoms. The Hall–Kier alpha value is -1.68. The molecule has 0 radical (unpaired) electrons. The van der Waals surface area contributed by atoms with E-state index in [4.69, 9.17) is 16.3 Å². The predicted molar refractivity (Wildman–Crippen MR) is 117 cm³/mol. The maximum atomic E-state index is 12.4. The molecule has 2 fully saturated rings. The summed E-state index contributed by atoms with van der Waals surface area (Å²) in [5, 5.41) is 5.98. The minimum atomic E-state index is -3.58. The molecular formula is C21H30ClN3O5S. The SMILES string of the molecule is O=C(CNC(=O)C1CCC(CNS(=O)(=O)c2ccc(Cl)cc2)CC1)NC[C@H]1CCCO1. The second-order valence-corrected chi connectivity index (χ2v) is 10.4. The van der Waals surface area contributed by atoms with Gasteiger partial charge in [0.05, 0.1) is 17.5 Å². The van der Waals surface area contributed by atoms with Gasteiger partial charge in [-0.25, -0.2) is 13.1 Å². The Balaban J connectivity index is 1.33. The quantitative estimate of drug-likeness (QED) is 0.508. The van der Waals surface area contributed by atoms with Crippen molar-refractivity contribution in [1.82, 2.24) is 15.4 Å². The van der Waals surface area contributed by atoms with Gasteiger partial charge in [0.2, 0.25) is 21.8 Å². The van der Waals surface area contributed by atoms with Gasteiger partial charge in [0.25, 0.3) is 0 Å². The molecule has 2 amide bonds. The number of carbonyl (C=O) groups excluding carboxylic acids is 2. The molecule has 3 rings (SSSR count). The number of benzene rings is 1. The summed E-state index contributed by atoms with van der Waals surface area (Å²) in [6.45, 7) is 1.52. The van der Waals surface area contributed by atoms with Gasteiger partial charge in [-0.15, -0.1) is 0 Å². The van der Waals surface area contributed by atoms with Gasteiger partial charge in [-0.05, 0) is 68.7 Å². The normalized spacial score (nSPS) is 24.0. The molecule has 1 saturated carbocycles. The van der Waals surface area contributed by atoms with Crippen molar-refractivity contribution in [2.24, 2.45) is 11.8 Å². The zero-order chi connectivity index (χ0) is 22.3. The lowest BCUT2D eigenvalue weighted by molar-refractivity contribution is -0.129. The highest BCUT2D eigenvalue weighted by molar-refractivity contribution is 7.89. The maximum Gasteiger partial charge on any atom is 0.240 e. The van der Waals surface area contributed by atoms with E-state index in [2.05, 4.69) is 15.4 Å². The van der Waals surface area contributed by atoms with Crippen molar-refractivity contribution in [2.45, 2.75) is 49.5 Å². The van der Waals surface area contributed by atoms with Crippen molar-refractivity contribution >= 4 is 33.4 Å². The first-order valence-electron chi connectivity index (χ1n) is 10.7. The molecule has 1 aromatic carbocycles. The van der Waals surface area contributed by atoms with Crippen LogP contribution in [-0.2, 0) is 24.3 Å². The molecule has 8 nitrogen and oxygen atoms in total. The summed E-state index contributed by atoms with van der Waals surface area (Å²) < 4.78 is 32.9. The number of nitrogens with one attached hydrogen (secondary N) is 3. The number of hydrogen-bond donors (Lipinski definition) is 3. The van der Waals surface area contributed by atoms with E-state index in [-0.39, 0.29) is 41.2 Å². The van der Waals surface area contributed by atoms with Crippen LogP contribution in [0.4, 0.5) is 0 Å². The first-order valence-corrected chi connectivity index (χ1v) is 12.6. The Kier molecular flexibility index (Phi) is 8.71. The molecule has 1 saturated heterocycles. The van der Waals surface area contributed by atoms with Crippen LogP contribution in [-0.4, -0.2) is 52.6 Å². The summed E-state index contributed by atoms with van der Waals surface area (Å²) in [4.78, 5) is 24.4. The fraction of sp³-hybridized carbons (Fsp3) is 0.619. The van der Waals surface area contributed by atoms with E-state index in [1.54, 1.807) is 12.1 Å². The molecular weight excluding hydrogens is 442 g/mol. The number of ether oxygens (including phenoxy) is 1. The lowest BCUT2D eigenvalue weighted by Gasteiger charge is -2.27. The van der Waals surface area contributed by atoms with Gasteiger partial charge < -0.3 is 15.4 Å². The average Bonchev–Trinajstić information content (AvgIpc) is 3.29. The van der Waals surface area contributed by atoms with Crippen LogP contribution in [0.1, 0.15) is 38.5 Å². The predicted octanol–water partition coefficient (Wildman–Crippen LogP) is 1.84. The van der Waals surface area contributed by atoms with Crippen molar-refractivity contribution in [3.63, 3.8) is 0 Å². The maximum absolute atomic E-state index is 12.4. The van der Waals surface area contributed by atoms with Crippen molar-refractivity contribution in [3.8, 4) is 0 Å². The zero-order valence-electron chi connectivity index (χ0n) is 17.4. The molecule has 2 aliphatic rings. The van der Waals surface area contributed by atoms with Gasteiger partial charge in [0, 0.05) is 30.6 Å². The minimum Gasteiger partial charge on any atom is -0.376 e. The van der Waals surface area contributed by atoms with Crippen LogP contribution < -0.4 is 15.4 Å². The van der Waals surface area contributed by atoms with E-state index >= 15 is 0 Å². The van der Waals surface area contributed by atoms with Crippen LogP contribution >= 0.6 is 11.6 Å². The Morgan fingerprint density at radius 3 is 2.35 bits per heavy atom. The standard InChI is InChI=1S/C21H30ClN3O5S/c22-17-7-9-19(10-8-17)31(28,29)25-12-15-3-5-16(6-4-15)21(27)24-14-20(26)23-13-18-2-1-11-30-18/h7-10,15-16,18,25H,1-6,11-14H2,(H,23,26)(H,24,27)/t15?,16?,18-/m1/s1. The Bertz CT molecular complexity index is 848. The Morgan fingerprint density at radius 1 is 1.00 bits per heavy atom. The molecule has 31 heavy (non-hydrogen) atoms. The Morgan fingerprint density at radius 2 is 1.71 bits per heavy atom. The lowest BCUT2D eigenvalue weighted by Crippen LogP contribution is -2.42. The molecule has 1 aliphatic carbocycles. The summed E-state index contributed by atoms with van der Waals surface area (Å²) in [7, 11) is -3.58. The lowest BCUT2D eigenvalue weighted by atomic mass is 9.81. The third kappa shape index (κ3) is 7.45. The van der Waals surface area contributed by atoms with Crippen molar-refractivity contribution < 1.29 is 22.7 Å². The summed E-state index contributed by atoms with van der Waals surface area (Å²) in [5.74, 6) is -0.294. The van der Waals surface area contributed by atoms with E-state index < -0.39 is 10.0 Å². The van der Waals surface area contributed by atoms with Gasteiger partial charge in [-0.2, -0.15) is 0 Å². The molecule has 10 heteroatoms. The third-order valence-corrected chi connectivity index (χ3v) is 7.57. The summed E-state index contributed by atoms with van der Waals surface area (Å²) in [6.07, 6.45) is 4.91. The molecule has 3 N–H and O–H groups in total. The van der Waals surface area contributed by atoms with Crippen LogP contribution in [0.25, 0.3) is 0 Å². The zero-order valence-corrected chi connectivity index (χ0v) is 19.0. The molecule has 0 bridgehead atoms. The van der Waals surface area contributed by atoms with E-state index in [0.29, 0.717) is 31.0 Å². The van der Waals surface area contributed by atoms with Crippen LogP contribution in [0, 0.1) is 11.8 Å². The fourth-order valence-corrected chi connectivity index (χ4v) is 5.20.